The molecule has 15 heavy (non-hydrogen) atoms. The van der Waals surface area contributed by atoms with Crippen LogP contribution in [0.15, 0.2) is 18.2 Å². The van der Waals surface area contributed by atoms with Crippen LogP contribution in [-0.2, 0) is 4.79 Å². The van der Waals surface area contributed by atoms with Gasteiger partial charge in [-0.05, 0) is 18.2 Å². The van der Waals surface area contributed by atoms with Crippen LogP contribution >= 0.6 is 0 Å². The molecule has 1 aromatic carbocycles. The fourth-order valence-electron chi connectivity index (χ4n) is 1.44. The molecule has 0 fully saturated rings. The Balaban J connectivity index is 2.54. The number of hydrogen-bond acceptors (Lipinski definition) is 4. The Kier molecular flexibility index (Phi) is 2.00. The lowest BCUT2D eigenvalue weighted by molar-refractivity contribution is -0.116. The maximum atomic E-state index is 11.3. The number of benzene rings is 1. The van der Waals surface area contributed by atoms with Gasteiger partial charge in [-0.2, -0.15) is 10.5 Å². The van der Waals surface area contributed by atoms with Crippen molar-refractivity contribution in [3.05, 3.63) is 23.8 Å². The summed E-state index contributed by atoms with van der Waals surface area (Å²) in [7, 11) is 0. The molecule has 5 nitrogen and oxygen atoms in total. The van der Waals surface area contributed by atoms with Crippen molar-refractivity contribution in [3.63, 3.8) is 0 Å². The lowest BCUT2D eigenvalue weighted by Gasteiger charge is -2.23. The summed E-state index contributed by atoms with van der Waals surface area (Å²) in [4.78, 5) is 12.3. The first-order chi connectivity index (χ1) is 7.26. The predicted molar refractivity (Wildman–Crippen MR) is 52.7 cm³/mol. The maximum Gasteiger partial charge on any atom is 0.259 e. The SMILES string of the molecule is N#Cc1ccc2c(c1)NCC(=O)N2C#N. The van der Waals surface area contributed by atoms with Crippen LogP contribution in [0.25, 0.3) is 0 Å². The summed E-state index contributed by atoms with van der Waals surface area (Å²) in [5.41, 5.74) is 1.62. The highest BCUT2D eigenvalue weighted by atomic mass is 16.2. The monoisotopic (exact) mass is 198 g/mol. The van der Waals surface area contributed by atoms with Crippen LogP contribution < -0.4 is 10.2 Å². The van der Waals surface area contributed by atoms with Gasteiger partial charge >= 0.3 is 0 Å². The van der Waals surface area contributed by atoms with E-state index in [2.05, 4.69) is 5.32 Å². The van der Waals surface area contributed by atoms with Gasteiger partial charge in [-0.1, -0.05) is 0 Å². The molecule has 0 aromatic heterocycles. The molecule has 1 aliphatic heterocycles. The van der Waals surface area contributed by atoms with E-state index in [0.29, 0.717) is 16.9 Å². The fourth-order valence-corrected chi connectivity index (χ4v) is 1.44. The summed E-state index contributed by atoms with van der Waals surface area (Å²) >= 11 is 0. The number of nitrogens with zero attached hydrogens (tertiary/aromatic N) is 3. The Morgan fingerprint density at radius 2 is 2.20 bits per heavy atom. The van der Waals surface area contributed by atoms with E-state index in [1.54, 1.807) is 18.2 Å². The van der Waals surface area contributed by atoms with Crippen molar-refractivity contribution >= 4 is 17.3 Å². The summed E-state index contributed by atoms with van der Waals surface area (Å²) < 4.78 is 0. The third kappa shape index (κ3) is 1.36. The molecule has 0 atom stereocenters. The number of nitrogens with one attached hydrogen (secondary N) is 1. The zero-order valence-electron chi connectivity index (χ0n) is 7.69. The molecule has 0 spiro atoms. The van der Waals surface area contributed by atoms with E-state index < -0.39 is 0 Å². The smallest absolute Gasteiger partial charge is 0.259 e. The molecule has 0 bridgehead atoms. The van der Waals surface area contributed by atoms with Crippen LogP contribution in [0.3, 0.4) is 0 Å². The average Bonchev–Trinajstić information content (AvgIpc) is 2.28. The Morgan fingerprint density at radius 1 is 1.40 bits per heavy atom. The fraction of sp³-hybridized carbons (Fsp3) is 0.100. The van der Waals surface area contributed by atoms with Crippen molar-refractivity contribution in [3.8, 4) is 12.3 Å². The summed E-state index contributed by atoms with van der Waals surface area (Å²) in [6.07, 6.45) is 1.81. The maximum absolute atomic E-state index is 11.3. The second-order valence-electron chi connectivity index (χ2n) is 3.03. The van der Waals surface area contributed by atoms with E-state index in [1.165, 1.54) is 0 Å². The van der Waals surface area contributed by atoms with Crippen molar-refractivity contribution in [2.45, 2.75) is 0 Å². The van der Waals surface area contributed by atoms with Gasteiger partial charge in [-0.15, -0.1) is 0 Å². The molecule has 0 saturated heterocycles. The number of fused-ring (bicyclic) bond motifs is 1. The van der Waals surface area contributed by atoms with E-state index >= 15 is 0 Å². The lowest BCUT2D eigenvalue weighted by Crippen LogP contribution is -2.36. The van der Waals surface area contributed by atoms with E-state index in [0.717, 1.165) is 4.90 Å². The van der Waals surface area contributed by atoms with Crippen molar-refractivity contribution in [2.75, 3.05) is 16.8 Å². The van der Waals surface area contributed by atoms with Gasteiger partial charge in [0.25, 0.3) is 5.91 Å². The molecule has 72 valence electrons. The van der Waals surface area contributed by atoms with E-state index in [9.17, 15) is 4.79 Å². The highest BCUT2D eigenvalue weighted by Crippen LogP contribution is 2.29. The molecule has 1 N–H and O–H groups in total. The topological polar surface area (TPSA) is 79.9 Å². The number of carbonyl (C=O) groups excluding carboxylic acids is 1. The predicted octanol–water partition coefficient (Wildman–Crippen LogP) is 0.798. The zero-order chi connectivity index (χ0) is 10.8. The Hall–Kier alpha value is -2.53. The molecular weight excluding hydrogens is 192 g/mol. The highest BCUT2D eigenvalue weighted by molar-refractivity contribution is 6.04. The van der Waals surface area contributed by atoms with Crippen LogP contribution in [0, 0.1) is 22.8 Å². The second-order valence-corrected chi connectivity index (χ2v) is 3.03. The van der Waals surface area contributed by atoms with Gasteiger partial charge < -0.3 is 5.32 Å². The first-order valence-corrected chi connectivity index (χ1v) is 4.27. The first-order valence-electron chi connectivity index (χ1n) is 4.27. The third-order valence-corrected chi connectivity index (χ3v) is 2.15. The number of nitriles is 2. The van der Waals surface area contributed by atoms with Gasteiger partial charge in [0, 0.05) is 0 Å². The van der Waals surface area contributed by atoms with E-state index in [1.807, 2.05) is 12.3 Å². The van der Waals surface area contributed by atoms with Crippen LogP contribution in [0.2, 0.25) is 0 Å². The number of amides is 1. The average molecular weight is 198 g/mol. The van der Waals surface area contributed by atoms with Crippen LogP contribution in [0.4, 0.5) is 11.4 Å². The quantitative estimate of drug-likeness (QED) is 0.625. The van der Waals surface area contributed by atoms with Crippen molar-refractivity contribution in [2.24, 2.45) is 0 Å². The normalized spacial score (nSPS) is 13.5. The van der Waals surface area contributed by atoms with Crippen LogP contribution in [-0.4, -0.2) is 12.5 Å². The summed E-state index contributed by atoms with van der Waals surface area (Å²) in [6.45, 7) is 0.0788. The molecule has 1 heterocycles. The van der Waals surface area contributed by atoms with Gasteiger partial charge in [0.05, 0.1) is 29.6 Å². The lowest BCUT2D eigenvalue weighted by atomic mass is 10.1. The molecule has 1 aliphatic rings. The van der Waals surface area contributed by atoms with Gasteiger partial charge in [-0.3, -0.25) is 4.79 Å². The third-order valence-electron chi connectivity index (χ3n) is 2.15. The molecule has 0 radical (unpaired) electrons. The van der Waals surface area contributed by atoms with Crippen molar-refractivity contribution < 1.29 is 4.79 Å². The Labute approximate surface area is 86.1 Å². The van der Waals surface area contributed by atoms with Gasteiger partial charge in [0.2, 0.25) is 0 Å². The van der Waals surface area contributed by atoms with Crippen LogP contribution in [0.5, 0.6) is 0 Å². The minimum atomic E-state index is -0.297. The van der Waals surface area contributed by atoms with Crippen molar-refractivity contribution in [1.29, 1.82) is 10.5 Å². The Bertz CT molecular complexity index is 509. The minimum Gasteiger partial charge on any atom is -0.374 e. The van der Waals surface area contributed by atoms with Gasteiger partial charge in [-0.25, -0.2) is 4.90 Å². The van der Waals surface area contributed by atoms with E-state index in [-0.39, 0.29) is 12.5 Å². The number of hydrogen-bond donors (Lipinski definition) is 1. The van der Waals surface area contributed by atoms with Gasteiger partial charge in [0.15, 0.2) is 6.19 Å². The molecule has 0 aliphatic carbocycles. The standard InChI is InChI=1S/C10H6N4O/c11-4-7-1-2-9-8(3-7)13-5-10(15)14(9)6-12/h1-3,13H,5H2. The number of rotatable bonds is 0. The highest BCUT2D eigenvalue weighted by Gasteiger charge is 2.23. The molecule has 2 rings (SSSR count). The Morgan fingerprint density at radius 3 is 2.87 bits per heavy atom. The molecular formula is C10H6N4O. The minimum absolute atomic E-state index is 0.0788. The molecule has 1 amide bonds. The van der Waals surface area contributed by atoms with E-state index in [4.69, 9.17) is 10.5 Å². The summed E-state index contributed by atoms with van der Waals surface area (Å²) in [5, 5.41) is 20.3. The first kappa shape index (κ1) is 9.04. The summed E-state index contributed by atoms with van der Waals surface area (Å²) in [5.74, 6) is -0.297. The molecule has 0 saturated carbocycles. The largest absolute Gasteiger partial charge is 0.374 e. The molecule has 5 heteroatoms. The zero-order valence-corrected chi connectivity index (χ0v) is 7.69. The molecule has 0 unspecified atom stereocenters. The second kappa shape index (κ2) is 3.32. The van der Waals surface area contributed by atoms with Crippen LogP contribution in [0.1, 0.15) is 5.56 Å². The molecule has 1 aromatic rings. The van der Waals surface area contributed by atoms with Crippen molar-refractivity contribution in [1.82, 2.24) is 0 Å². The number of carbonyl (C=O) groups is 1. The number of anilines is 2. The summed E-state index contributed by atoms with van der Waals surface area (Å²) in [6, 6.07) is 6.77. The van der Waals surface area contributed by atoms with Gasteiger partial charge in [0.1, 0.15) is 0 Å².